The molecule has 3 rings (SSSR count). The number of nitrogens with one attached hydrogen (secondary N) is 2. The van der Waals surface area contributed by atoms with E-state index in [9.17, 15) is 4.79 Å². The number of hydrogen-bond donors (Lipinski definition) is 2. The van der Waals surface area contributed by atoms with Crippen LogP contribution in [0.5, 0.6) is 0 Å². The average Bonchev–Trinajstić information content (AvgIpc) is 2.95. The van der Waals surface area contributed by atoms with Gasteiger partial charge in [-0.3, -0.25) is 9.69 Å². The van der Waals surface area contributed by atoms with Crippen LogP contribution in [-0.2, 0) is 4.79 Å². The first-order chi connectivity index (χ1) is 11.2. The zero-order valence-electron chi connectivity index (χ0n) is 12.6. The standard InChI is InChI=1S/C14H18ClN7O/c15-12-3-2-11(22-10-17-19-20-22)8-13(12)18-14(23)9-21-6-1-4-16-5-7-21/h2-3,8,10,16H,1,4-7,9H2,(H,18,23). The second-order valence-electron chi connectivity index (χ2n) is 5.35. The number of tetrazole rings is 1. The van der Waals surface area contributed by atoms with Gasteiger partial charge < -0.3 is 10.6 Å². The van der Waals surface area contributed by atoms with E-state index in [4.69, 9.17) is 11.6 Å². The molecule has 122 valence electrons. The molecule has 1 aliphatic heterocycles. The van der Waals surface area contributed by atoms with Crippen molar-refractivity contribution >= 4 is 23.2 Å². The quantitative estimate of drug-likeness (QED) is 0.848. The number of nitrogens with zero attached hydrogens (tertiary/aromatic N) is 5. The summed E-state index contributed by atoms with van der Waals surface area (Å²) in [5.41, 5.74) is 1.28. The fourth-order valence-corrected chi connectivity index (χ4v) is 2.65. The van der Waals surface area contributed by atoms with Crippen LogP contribution in [0.15, 0.2) is 24.5 Å². The molecule has 23 heavy (non-hydrogen) atoms. The largest absolute Gasteiger partial charge is 0.324 e. The smallest absolute Gasteiger partial charge is 0.238 e. The summed E-state index contributed by atoms with van der Waals surface area (Å²) in [4.78, 5) is 14.4. The van der Waals surface area contributed by atoms with Crippen molar-refractivity contribution in [2.24, 2.45) is 0 Å². The monoisotopic (exact) mass is 335 g/mol. The van der Waals surface area contributed by atoms with Gasteiger partial charge in [0.15, 0.2) is 0 Å². The SMILES string of the molecule is O=C(CN1CCCNCC1)Nc1cc(-n2cnnn2)ccc1Cl. The zero-order valence-corrected chi connectivity index (χ0v) is 13.3. The third-order valence-electron chi connectivity index (χ3n) is 3.64. The molecule has 1 fully saturated rings. The van der Waals surface area contributed by atoms with E-state index in [1.54, 1.807) is 18.2 Å². The first-order valence-electron chi connectivity index (χ1n) is 7.48. The van der Waals surface area contributed by atoms with Crippen molar-refractivity contribution in [2.45, 2.75) is 6.42 Å². The Bertz CT molecular complexity index is 653. The first kappa shape index (κ1) is 15.9. The van der Waals surface area contributed by atoms with Gasteiger partial charge in [-0.15, -0.1) is 5.10 Å². The minimum absolute atomic E-state index is 0.0809. The summed E-state index contributed by atoms with van der Waals surface area (Å²) in [6, 6.07) is 5.25. The molecule has 0 spiro atoms. The van der Waals surface area contributed by atoms with Crippen LogP contribution >= 0.6 is 11.6 Å². The van der Waals surface area contributed by atoms with Gasteiger partial charge in [-0.1, -0.05) is 11.6 Å². The first-order valence-corrected chi connectivity index (χ1v) is 7.86. The molecular formula is C14H18ClN7O. The van der Waals surface area contributed by atoms with Gasteiger partial charge in [-0.2, -0.15) is 0 Å². The van der Waals surface area contributed by atoms with Crippen molar-refractivity contribution in [3.05, 3.63) is 29.5 Å². The van der Waals surface area contributed by atoms with Gasteiger partial charge in [0, 0.05) is 13.1 Å². The molecule has 0 atom stereocenters. The molecule has 1 amide bonds. The highest BCUT2D eigenvalue weighted by atomic mass is 35.5. The lowest BCUT2D eigenvalue weighted by molar-refractivity contribution is -0.117. The average molecular weight is 336 g/mol. The Morgan fingerprint density at radius 2 is 2.26 bits per heavy atom. The Labute approximate surface area is 138 Å². The van der Waals surface area contributed by atoms with Crippen molar-refractivity contribution < 1.29 is 4.79 Å². The van der Waals surface area contributed by atoms with Gasteiger partial charge in [-0.05, 0) is 48.1 Å². The van der Waals surface area contributed by atoms with Crippen molar-refractivity contribution in [1.82, 2.24) is 30.4 Å². The molecule has 2 aromatic rings. The molecule has 0 saturated carbocycles. The van der Waals surface area contributed by atoms with E-state index in [1.807, 2.05) is 0 Å². The van der Waals surface area contributed by atoms with Gasteiger partial charge in [0.1, 0.15) is 6.33 Å². The highest BCUT2D eigenvalue weighted by Gasteiger charge is 2.14. The van der Waals surface area contributed by atoms with Crippen LogP contribution in [-0.4, -0.2) is 63.7 Å². The molecule has 9 heteroatoms. The molecule has 1 aliphatic rings. The lowest BCUT2D eigenvalue weighted by Crippen LogP contribution is -2.35. The maximum Gasteiger partial charge on any atom is 0.238 e. The number of aromatic nitrogens is 4. The summed E-state index contributed by atoms with van der Waals surface area (Å²) < 4.78 is 1.51. The minimum Gasteiger partial charge on any atom is -0.324 e. The van der Waals surface area contributed by atoms with E-state index in [0.717, 1.165) is 38.3 Å². The molecule has 0 aliphatic carbocycles. The van der Waals surface area contributed by atoms with E-state index >= 15 is 0 Å². The molecule has 2 N–H and O–H groups in total. The fraction of sp³-hybridized carbons (Fsp3) is 0.429. The van der Waals surface area contributed by atoms with Crippen LogP contribution in [0.25, 0.3) is 5.69 Å². The zero-order chi connectivity index (χ0) is 16.1. The van der Waals surface area contributed by atoms with E-state index < -0.39 is 0 Å². The Kier molecular flexibility index (Phi) is 5.16. The number of halogens is 1. The minimum atomic E-state index is -0.0809. The summed E-state index contributed by atoms with van der Waals surface area (Å²) in [6.45, 7) is 4.04. The van der Waals surface area contributed by atoms with Crippen LogP contribution in [0.2, 0.25) is 5.02 Å². The predicted molar refractivity (Wildman–Crippen MR) is 86.7 cm³/mol. The van der Waals surface area contributed by atoms with Crippen molar-refractivity contribution in [3.63, 3.8) is 0 Å². The van der Waals surface area contributed by atoms with Gasteiger partial charge in [0.05, 0.1) is 22.9 Å². The number of hydrogen-bond acceptors (Lipinski definition) is 6. The maximum atomic E-state index is 12.3. The molecule has 0 unspecified atom stereocenters. The number of carbonyl (C=O) groups excluding carboxylic acids is 1. The van der Waals surface area contributed by atoms with Crippen molar-refractivity contribution in [2.75, 3.05) is 38.0 Å². The second kappa shape index (κ2) is 7.49. The Balaban J connectivity index is 1.66. The van der Waals surface area contributed by atoms with E-state index in [1.165, 1.54) is 11.0 Å². The van der Waals surface area contributed by atoms with Gasteiger partial charge in [0.2, 0.25) is 5.91 Å². The van der Waals surface area contributed by atoms with E-state index in [2.05, 4.69) is 31.1 Å². The number of carbonyl (C=O) groups is 1. The van der Waals surface area contributed by atoms with Gasteiger partial charge in [-0.25, -0.2) is 4.68 Å². The Hall–Kier alpha value is -2.03. The van der Waals surface area contributed by atoms with E-state index in [-0.39, 0.29) is 5.91 Å². The topological polar surface area (TPSA) is 88.0 Å². The number of benzene rings is 1. The molecule has 1 aromatic heterocycles. The summed E-state index contributed by atoms with van der Waals surface area (Å²) in [7, 11) is 0. The predicted octanol–water partition coefficient (Wildman–Crippen LogP) is 0.550. The normalized spacial score (nSPS) is 16.0. The highest BCUT2D eigenvalue weighted by Crippen LogP contribution is 2.24. The fourth-order valence-electron chi connectivity index (χ4n) is 2.48. The lowest BCUT2D eigenvalue weighted by Gasteiger charge is -2.19. The second-order valence-corrected chi connectivity index (χ2v) is 5.75. The number of amides is 1. The van der Waals surface area contributed by atoms with E-state index in [0.29, 0.717) is 17.3 Å². The van der Waals surface area contributed by atoms with Gasteiger partial charge in [0.25, 0.3) is 0 Å². The maximum absolute atomic E-state index is 12.3. The number of anilines is 1. The lowest BCUT2D eigenvalue weighted by atomic mass is 10.2. The van der Waals surface area contributed by atoms with Crippen LogP contribution in [0.4, 0.5) is 5.69 Å². The van der Waals surface area contributed by atoms with Crippen LogP contribution in [0.1, 0.15) is 6.42 Å². The summed E-state index contributed by atoms with van der Waals surface area (Å²) in [6.07, 6.45) is 2.53. The summed E-state index contributed by atoms with van der Waals surface area (Å²) in [5, 5.41) is 17.7. The van der Waals surface area contributed by atoms with Crippen LogP contribution in [0, 0.1) is 0 Å². The van der Waals surface area contributed by atoms with Crippen LogP contribution < -0.4 is 10.6 Å². The molecule has 1 saturated heterocycles. The number of rotatable bonds is 4. The Morgan fingerprint density at radius 3 is 3.09 bits per heavy atom. The molecule has 8 nitrogen and oxygen atoms in total. The summed E-state index contributed by atoms with van der Waals surface area (Å²) in [5.74, 6) is -0.0809. The highest BCUT2D eigenvalue weighted by molar-refractivity contribution is 6.33. The van der Waals surface area contributed by atoms with Crippen LogP contribution in [0.3, 0.4) is 0 Å². The summed E-state index contributed by atoms with van der Waals surface area (Å²) >= 11 is 6.17. The third-order valence-corrected chi connectivity index (χ3v) is 3.97. The molecule has 2 heterocycles. The third kappa shape index (κ3) is 4.25. The van der Waals surface area contributed by atoms with Crippen molar-refractivity contribution in [3.8, 4) is 5.69 Å². The van der Waals surface area contributed by atoms with Gasteiger partial charge >= 0.3 is 0 Å². The van der Waals surface area contributed by atoms with Crippen molar-refractivity contribution in [1.29, 1.82) is 0 Å². The molecule has 0 radical (unpaired) electrons. The molecule has 0 bridgehead atoms. The Morgan fingerprint density at radius 1 is 1.35 bits per heavy atom. The molecule has 1 aromatic carbocycles. The molecular weight excluding hydrogens is 318 g/mol.